The van der Waals surface area contributed by atoms with E-state index in [2.05, 4.69) is 9.88 Å². The Labute approximate surface area is 235 Å². The van der Waals surface area contributed by atoms with Crippen molar-refractivity contribution >= 4 is 22.3 Å². The van der Waals surface area contributed by atoms with Gasteiger partial charge in [-0.2, -0.15) is 13.2 Å². The van der Waals surface area contributed by atoms with E-state index in [0.29, 0.717) is 29.4 Å². The number of carbonyl (C=O) groups is 1. The first-order valence-electron chi connectivity index (χ1n) is 12.8. The first-order valence-corrected chi connectivity index (χ1v) is 13.6. The van der Waals surface area contributed by atoms with Crippen molar-refractivity contribution in [3.8, 4) is 16.3 Å². The summed E-state index contributed by atoms with van der Waals surface area (Å²) in [6, 6.07) is 14.5. The first-order chi connectivity index (χ1) is 18.9. The maximum absolute atomic E-state index is 13.0. The number of hydrogen-bond donors (Lipinski definition) is 0. The van der Waals surface area contributed by atoms with E-state index in [9.17, 15) is 18.0 Å². The van der Waals surface area contributed by atoms with Gasteiger partial charge < -0.3 is 18.8 Å². The third-order valence-corrected chi connectivity index (χ3v) is 7.46. The Morgan fingerprint density at radius 1 is 1.05 bits per heavy atom. The van der Waals surface area contributed by atoms with Gasteiger partial charge in [0.05, 0.1) is 30.7 Å². The van der Waals surface area contributed by atoms with Gasteiger partial charge in [0.1, 0.15) is 21.5 Å². The highest BCUT2D eigenvalue weighted by molar-refractivity contribution is 7.19. The molecule has 2 heterocycles. The van der Waals surface area contributed by atoms with Crippen LogP contribution >= 0.6 is 11.3 Å². The zero-order valence-corrected chi connectivity index (χ0v) is 23.8. The highest BCUT2D eigenvalue weighted by Crippen LogP contribution is 2.38. The van der Waals surface area contributed by atoms with Crippen LogP contribution in [0.15, 0.2) is 65.3 Å². The number of hydrogen-bond acceptors (Lipinski definition) is 7. The molecule has 0 amide bonds. The molecule has 0 aliphatic rings. The number of anilines is 1. The van der Waals surface area contributed by atoms with Crippen molar-refractivity contribution < 1.29 is 31.9 Å². The van der Waals surface area contributed by atoms with Gasteiger partial charge in [0.2, 0.25) is 0 Å². The number of alkyl halides is 3. The lowest BCUT2D eigenvalue weighted by Crippen LogP contribution is -2.39. The van der Waals surface area contributed by atoms with E-state index in [1.807, 2.05) is 44.2 Å². The molecule has 0 saturated carbocycles. The summed E-state index contributed by atoms with van der Waals surface area (Å²) in [7, 11) is 0. The number of furan rings is 1. The topological polar surface area (TPSA) is 64.8 Å². The van der Waals surface area contributed by atoms with E-state index in [1.165, 1.54) is 23.5 Å². The molecular weight excluding hydrogens is 541 g/mol. The normalized spacial score (nSPS) is 11.9. The number of rotatable bonds is 10. The van der Waals surface area contributed by atoms with Gasteiger partial charge >= 0.3 is 12.1 Å². The summed E-state index contributed by atoms with van der Waals surface area (Å²) in [6.07, 6.45) is -2.78. The molecule has 2 aromatic heterocycles. The van der Waals surface area contributed by atoms with E-state index in [-0.39, 0.29) is 6.61 Å². The van der Waals surface area contributed by atoms with Crippen LogP contribution < -0.4 is 9.64 Å². The Balaban J connectivity index is 1.60. The van der Waals surface area contributed by atoms with Crippen molar-refractivity contribution in [2.45, 2.75) is 59.5 Å². The van der Waals surface area contributed by atoms with Crippen LogP contribution in [-0.2, 0) is 28.8 Å². The summed E-state index contributed by atoms with van der Waals surface area (Å²) in [5.41, 5.74) is 1.40. The third kappa shape index (κ3) is 6.85. The Hall–Kier alpha value is -3.79. The minimum Gasteiger partial charge on any atom is -0.476 e. The largest absolute Gasteiger partial charge is 0.476 e. The van der Waals surface area contributed by atoms with Crippen molar-refractivity contribution in [1.82, 2.24) is 4.98 Å². The maximum Gasteiger partial charge on any atom is 0.416 e. The van der Waals surface area contributed by atoms with E-state index in [4.69, 9.17) is 13.9 Å². The second-order valence-electron chi connectivity index (χ2n) is 9.85. The lowest BCUT2D eigenvalue weighted by Gasteiger charge is -2.26. The molecule has 10 heteroatoms. The summed E-state index contributed by atoms with van der Waals surface area (Å²) >= 11 is 1.41. The fourth-order valence-corrected chi connectivity index (χ4v) is 5.23. The second-order valence-corrected chi connectivity index (χ2v) is 10.8. The van der Waals surface area contributed by atoms with Crippen molar-refractivity contribution in [2.24, 2.45) is 0 Å². The molecule has 0 fully saturated rings. The minimum atomic E-state index is -4.39. The van der Waals surface area contributed by atoms with Gasteiger partial charge in [0, 0.05) is 12.1 Å². The summed E-state index contributed by atoms with van der Waals surface area (Å²) in [5.74, 6) is 0.905. The molecule has 0 aliphatic carbocycles. The number of benzene rings is 2. The molecule has 40 heavy (non-hydrogen) atoms. The molecule has 2 aromatic carbocycles. The second kappa shape index (κ2) is 11.8. The Kier molecular flexibility index (Phi) is 8.58. The van der Waals surface area contributed by atoms with Gasteiger partial charge in [-0.3, -0.25) is 0 Å². The van der Waals surface area contributed by atoms with Crippen LogP contribution in [0, 0.1) is 13.8 Å². The fourth-order valence-electron chi connectivity index (χ4n) is 4.16. The first kappa shape index (κ1) is 29.2. The van der Waals surface area contributed by atoms with Crippen LogP contribution in [0.1, 0.15) is 48.9 Å². The molecule has 6 nitrogen and oxygen atoms in total. The third-order valence-electron chi connectivity index (χ3n) is 6.19. The number of halogens is 3. The van der Waals surface area contributed by atoms with Crippen LogP contribution in [-0.4, -0.2) is 23.2 Å². The summed E-state index contributed by atoms with van der Waals surface area (Å²) < 4.78 is 55.8. The average Bonchev–Trinajstić information content (AvgIpc) is 3.54. The van der Waals surface area contributed by atoms with Crippen molar-refractivity contribution in [3.05, 3.63) is 89.0 Å². The molecule has 0 aliphatic heterocycles. The van der Waals surface area contributed by atoms with Gasteiger partial charge in [-0.1, -0.05) is 35.6 Å². The zero-order valence-electron chi connectivity index (χ0n) is 23.0. The molecular formula is C30H31F3N2O4S. The van der Waals surface area contributed by atoms with Crippen molar-refractivity contribution in [2.75, 3.05) is 11.5 Å². The molecule has 0 radical (unpaired) electrons. The van der Waals surface area contributed by atoms with Crippen LogP contribution in [0.5, 0.6) is 5.75 Å². The number of aryl methyl sites for hydroxylation is 2. The minimum absolute atomic E-state index is 0.270. The number of nitrogens with zero attached hydrogens (tertiary/aromatic N) is 2. The lowest BCUT2D eigenvalue weighted by atomic mass is 10.1. The highest BCUT2D eigenvalue weighted by Gasteiger charge is 2.32. The molecule has 0 N–H and O–H groups in total. The van der Waals surface area contributed by atoms with E-state index in [0.717, 1.165) is 39.7 Å². The van der Waals surface area contributed by atoms with Crippen LogP contribution in [0.25, 0.3) is 10.6 Å². The quantitative estimate of drug-likeness (QED) is 0.180. The zero-order chi connectivity index (χ0) is 29.1. The molecule has 4 rings (SSSR count). The summed E-state index contributed by atoms with van der Waals surface area (Å²) in [6.45, 7) is 10.1. The monoisotopic (exact) mass is 572 g/mol. The fraction of sp³-hybridized carbons (Fsp3) is 0.333. The van der Waals surface area contributed by atoms with Crippen molar-refractivity contribution in [1.29, 1.82) is 0 Å². The van der Waals surface area contributed by atoms with E-state index < -0.39 is 23.3 Å². The van der Waals surface area contributed by atoms with Gasteiger partial charge in [0.25, 0.3) is 0 Å². The van der Waals surface area contributed by atoms with Gasteiger partial charge in [0.15, 0.2) is 5.60 Å². The summed E-state index contributed by atoms with van der Waals surface area (Å²) in [5, 5.41) is 1.51. The average molecular weight is 573 g/mol. The number of esters is 1. The molecule has 0 saturated heterocycles. The SMILES string of the molecule is CCOC(=O)C(C)(C)Oc1ccc(CN(Cc2ccco2)c2sc(-c3ccc(C(F)(F)F)cc3)nc2C)cc1C. The lowest BCUT2D eigenvalue weighted by molar-refractivity contribution is -0.158. The highest BCUT2D eigenvalue weighted by atomic mass is 32.1. The van der Waals surface area contributed by atoms with E-state index in [1.54, 1.807) is 27.0 Å². The van der Waals surface area contributed by atoms with Crippen LogP contribution in [0.4, 0.5) is 18.2 Å². The smallest absolute Gasteiger partial charge is 0.416 e. The van der Waals surface area contributed by atoms with Crippen LogP contribution in [0.3, 0.4) is 0 Å². The maximum atomic E-state index is 13.0. The van der Waals surface area contributed by atoms with Gasteiger partial charge in [-0.25, -0.2) is 9.78 Å². The predicted molar refractivity (Wildman–Crippen MR) is 148 cm³/mol. The summed E-state index contributed by atoms with van der Waals surface area (Å²) in [4.78, 5) is 19.1. The van der Waals surface area contributed by atoms with Gasteiger partial charge in [-0.15, -0.1) is 0 Å². The number of carbonyl (C=O) groups excluding carboxylic acids is 1. The molecule has 0 spiro atoms. The molecule has 4 aromatic rings. The molecule has 0 atom stereocenters. The molecule has 212 valence electrons. The molecule has 0 bridgehead atoms. The Morgan fingerprint density at radius 2 is 1.77 bits per heavy atom. The van der Waals surface area contributed by atoms with E-state index >= 15 is 0 Å². The Bertz CT molecular complexity index is 1440. The predicted octanol–water partition coefficient (Wildman–Crippen LogP) is 7.97. The number of thiazole rings is 1. The van der Waals surface area contributed by atoms with Crippen LogP contribution in [0.2, 0.25) is 0 Å². The van der Waals surface area contributed by atoms with Crippen molar-refractivity contribution in [3.63, 3.8) is 0 Å². The number of ether oxygens (including phenoxy) is 2. The Morgan fingerprint density at radius 3 is 2.38 bits per heavy atom. The van der Waals surface area contributed by atoms with Gasteiger partial charge in [-0.05, 0) is 76.1 Å². The number of aromatic nitrogens is 1. The molecule has 0 unspecified atom stereocenters. The standard InChI is InChI=1S/C30H31F3N2O4S/c1-6-37-28(36)29(4,5)39-25-14-9-21(16-19(25)2)17-35(18-24-8-7-15-38-24)27-20(3)34-26(40-27)22-10-12-23(13-11-22)30(31,32)33/h7-16H,6,17-18H2,1-5H3.